The van der Waals surface area contributed by atoms with Gasteiger partial charge in [0, 0.05) is 42.3 Å². The summed E-state index contributed by atoms with van der Waals surface area (Å²) in [6, 6.07) is 8.89. The summed E-state index contributed by atoms with van der Waals surface area (Å²) in [6.07, 6.45) is 4.32. The Labute approximate surface area is 146 Å². The van der Waals surface area contributed by atoms with E-state index in [-0.39, 0.29) is 5.82 Å². The summed E-state index contributed by atoms with van der Waals surface area (Å²) in [5, 5.41) is 0. The van der Waals surface area contributed by atoms with Crippen LogP contribution >= 0.6 is 0 Å². The van der Waals surface area contributed by atoms with Crippen LogP contribution in [0.5, 0.6) is 0 Å². The second-order valence-electron chi connectivity index (χ2n) is 6.40. The van der Waals surface area contributed by atoms with Crippen molar-refractivity contribution < 1.29 is 4.39 Å². The molecule has 0 unspecified atom stereocenters. The van der Waals surface area contributed by atoms with Crippen molar-refractivity contribution in [3.05, 3.63) is 70.9 Å². The third-order valence-electron chi connectivity index (χ3n) is 4.78. The summed E-state index contributed by atoms with van der Waals surface area (Å²) in [7, 11) is 0. The maximum Gasteiger partial charge on any atom is 0.161 e. The third-order valence-corrected chi connectivity index (χ3v) is 4.78. The van der Waals surface area contributed by atoms with E-state index in [2.05, 4.69) is 21.8 Å². The SMILES string of the molecule is Cc1nc(-c2ccncc2)nc(N2CCc3cc(F)ccc3C2)c1C. The highest BCUT2D eigenvalue weighted by atomic mass is 19.1. The Balaban J connectivity index is 1.73. The van der Waals surface area contributed by atoms with Crippen molar-refractivity contribution in [3.63, 3.8) is 0 Å². The van der Waals surface area contributed by atoms with Crippen LogP contribution in [0.4, 0.5) is 10.2 Å². The van der Waals surface area contributed by atoms with E-state index in [4.69, 9.17) is 4.98 Å². The molecule has 126 valence electrons. The van der Waals surface area contributed by atoms with Crippen LogP contribution in [0.3, 0.4) is 0 Å². The molecule has 4 rings (SSSR count). The van der Waals surface area contributed by atoms with Crippen LogP contribution in [0, 0.1) is 19.7 Å². The molecule has 0 N–H and O–H groups in total. The van der Waals surface area contributed by atoms with E-state index in [1.165, 1.54) is 6.07 Å². The minimum absolute atomic E-state index is 0.166. The van der Waals surface area contributed by atoms with Gasteiger partial charge in [0.15, 0.2) is 5.82 Å². The molecule has 0 saturated heterocycles. The Hall–Kier alpha value is -2.82. The highest BCUT2D eigenvalue weighted by molar-refractivity contribution is 5.60. The lowest BCUT2D eigenvalue weighted by Crippen LogP contribution is -2.32. The molecule has 1 aromatic carbocycles. The number of anilines is 1. The second kappa shape index (κ2) is 6.24. The van der Waals surface area contributed by atoms with E-state index >= 15 is 0 Å². The molecule has 5 heteroatoms. The minimum atomic E-state index is -0.166. The fraction of sp³-hybridized carbons (Fsp3) is 0.250. The first kappa shape index (κ1) is 15.7. The van der Waals surface area contributed by atoms with Crippen LogP contribution in [-0.4, -0.2) is 21.5 Å². The van der Waals surface area contributed by atoms with E-state index in [0.717, 1.165) is 53.3 Å². The van der Waals surface area contributed by atoms with Gasteiger partial charge < -0.3 is 4.90 Å². The molecule has 0 spiro atoms. The van der Waals surface area contributed by atoms with Crippen molar-refractivity contribution in [2.45, 2.75) is 26.8 Å². The number of aryl methyl sites for hydroxylation is 1. The van der Waals surface area contributed by atoms with Gasteiger partial charge >= 0.3 is 0 Å². The molecule has 0 amide bonds. The fourth-order valence-electron chi connectivity index (χ4n) is 3.25. The normalized spacial score (nSPS) is 13.6. The van der Waals surface area contributed by atoms with Gasteiger partial charge in [-0.15, -0.1) is 0 Å². The Bertz CT molecular complexity index is 924. The van der Waals surface area contributed by atoms with Crippen molar-refractivity contribution in [2.75, 3.05) is 11.4 Å². The minimum Gasteiger partial charge on any atom is -0.352 e. The van der Waals surface area contributed by atoms with Gasteiger partial charge in [-0.2, -0.15) is 0 Å². The number of benzene rings is 1. The topological polar surface area (TPSA) is 41.9 Å². The number of aromatic nitrogens is 3. The maximum absolute atomic E-state index is 13.4. The molecule has 2 aromatic heterocycles. The molecule has 0 radical (unpaired) electrons. The van der Waals surface area contributed by atoms with Crippen LogP contribution in [0.2, 0.25) is 0 Å². The Morgan fingerprint density at radius 1 is 1.00 bits per heavy atom. The Kier molecular flexibility index (Phi) is 3.92. The lowest BCUT2D eigenvalue weighted by molar-refractivity contribution is 0.618. The maximum atomic E-state index is 13.4. The molecule has 0 aliphatic carbocycles. The Morgan fingerprint density at radius 2 is 1.80 bits per heavy atom. The number of halogens is 1. The lowest BCUT2D eigenvalue weighted by atomic mass is 9.99. The van der Waals surface area contributed by atoms with Crippen molar-refractivity contribution >= 4 is 5.82 Å². The number of pyridine rings is 1. The average molecular weight is 334 g/mol. The summed E-state index contributed by atoms with van der Waals surface area (Å²) in [6.45, 7) is 5.63. The van der Waals surface area contributed by atoms with Crippen molar-refractivity contribution in [1.29, 1.82) is 0 Å². The van der Waals surface area contributed by atoms with E-state index in [1.54, 1.807) is 18.5 Å². The first-order chi connectivity index (χ1) is 12.1. The molecule has 1 aliphatic rings. The van der Waals surface area contributed by atoms with Crippen LogP contribution in [0.1, 0.15) is 22.4 Å². The number of nitrogens with zero attached hydrogens (tertiary/aromatic N) is 4. The lowest BCUT2D eigenvalue weighted by Gasteiger charge is -2.31. The van der Waals surface area contributed by atoms with Gasteiger partial charge in [0.2, 0.25) is 0 Å². The highest BCUT2D eigenvalue weighted by Gasteiger charge is 2.21. The van der Waals surface area contributed by atoms with Crippen LogP contribution < -0.4 is 4.90 Å². The van der Waals surface area contributed by atoms with Crippen LogP contribution in [-0.2, 0) is 13.0 Å². The molecule has 0 bridgehead atoms. The van der Waals surface area contributed by atoms with Gasteiger partial charge in [-0.3, -0.25) is 4.98 Å². The smallest absolute Gasteiger partial charge is 0.161 e. The van der Waals surface area contributed by atoms with Gasteiger partial charge in [0.1, 0.15) is 11.6 Å². The third kappa shape index (κ3) is 2.97. The number of hydrogen-bond acceptors (Lipinski definition) is 4. The number of rotatable bonds is 2. The number of hydrogen-bond donors (Lipinski definition) is 0. The average Bonchev–Trinajstić information content (AvgIpc) is 2.64. The van der Waals surface area contributed by atoms with Crippen LogP contribution in [0.15, 0.2) is 42.7 Å². The molecule has 3 heterocycles. The van der Waals surface area contributed by atoms with E-state index < -0.39 is 0 Å². The van der Waals surface area contributed by atoms with Gasteiger partial charge in [0.05, 0.1) is 0 Å². The predicted octanol–water partition coefficient (Wildman–Crippen LogP) is 3.86. The van der Waals surface area contributed by atoms with Gasteiger partial charge in [-0.1, -0.05) is 6.07 Å². The molecule has 4 nitrogen and oxygen atoms in total. The van der Waals surface area contributed by atoms with E-state index in [0.29, 0.717) is 5.82 Å². The van der Waals surface area contributed by atoms with E-state index in [1.807, 2.05) is 25.1 Å². The van der Waals surface area contributed by atoms with Gasteiger partial charge in [-0.25, -0.2) is 14.4 Å². The molecule has 0 atom stereocenters. The van der Waals surface area contributed by atoms with Gasteiger partial charge in [0.25, 0.3) is 0 Å². The van der Waals surface area contributed by atoms with E-state index in [9.17, 15) is 4.39 Å². The molecule has 0 fully saturated rings. The zero-order chi connectivity index (χ0) is 17.4. The quantitative estimate of drug-likeness (QED) is 0.714. The Morgan fingerprint density at radius 3 is 2.60 bits per heavy atom. The fourth-order valence-corrected chi connectivity index (χ4v) is 3.25. The largest absolute Gasteiger partial charge is 0.352 e. The van der Waals surface area contributed by atoms with Gasteiger partial charge in [-0.05, 0) is 55.7 Å². The standard InChI is InChI=1S/C20H19FN4/c1-13-14(2)23-19(15-5-8-22-9-6-15)24-20(13)25-10-7-16-11-18(21)4-3-17(16)12-25/h3-6,8-9,11H,7,10,12H2,1-2H3. The first-order valence-electron chi connectivity index (χ1n) is 8.40. The summed E-state index contributed by atoms with van der Waals surface area (Å²) in [4.78, 5) is 15.8. The zero-order valence-corrected chi connectivity index (χ0v) is 14.3. The molecule has 0 saturated carbocycles. The molecular weight excluding hydrogens is 315 g/mol. The summed E-state index contributed by atoms with van der Waals surface area (Å²) in [5.74, 6) is 1.50. The summed E-state index contributed by atoms with van der Waals surface area (Å²) < 4.78 is 13.4. The highest BCUT2D eigenvalue weighted by Crippen LogP contribution is 2.29. The summed E-state index contributed by atoms with van der Waals surface area (Å²) in [5.41, 5.74) is 5.27. The van der Waals surface area contributed by atoms with Crippen molar-refractivity contribution in [1.82, 2.24) is 15.0 Å². The first-order valence-corrected chi connectivity index (χ1v) is 8.40. The zero-order valence-electron chi connectivity index (χ0n) is 14.3. The molecule has 25 heavy (non-hydrogen) atoms. The summed E-state index contributed by atoms with van der Waals surface area (Å²) >= 11 is 0. The monoisotopic (exact) mass is 334 g/mol. The molecule has 1 aliphatic heterocycles. The number of fused-ring (bicyclic) bond motifs is 1. The molecular formula is C20H19FN4. The second-order valence-corrected chi connectivity index (χ2v) is 6.40. The van der Waals surface area contributed by atoms with Crippen LogP contribution in [0.25, 0.3) is 11.4 Å². The van der Waals surface area contributed by atoms with Crippen molar-refractivity contribution in [3.8, 4) is 11.4 Å². The predicted molar refractivity (Wildman–Crippen MR) is 95.9 cm³/mol. The van der Waals surface area contributed by atoms with Crippen molar-refractivity contribution in [2.24, 2.45) is 0 Å². The molecule has 3 aromatic rings.